The van der Waals surface area contributed by atoms with Gasteiger partial charge < -0.3 is 25.3 Å². The predicted molar refractivity (Wildman–Crippen MR) is 79.9 cm³/mol. The molecule has 0 radical (unpaired) electrons. The molecule has 0 saturated carbocycles. The first-order valence-corrected chi connectivity index (χ1v) is 6.68. The van der Waals surface area contributed by atoms with Crippen LogP contribution in [0.3, 0.4) is 0 Å². The van der Waals surface area contributed by atoms with Crippen molar-refractivity contribution >= 4 is 11.8 Å². The first kappa shape index (κ1) is 17.1. The van der Waals surface area contributed by atoms with Crippen LogP contribution in [0.25, 0.3) is 0 Å². The SMILES string of the molecule is COCCCN(CCOC)c1nc(C)cc(/C(N)=N/O)n1. The van der Waals surface area contributed by atoms with Gasteiger partial charge in [0.15, 0.2) is 5.84 Å². The third-order valence-corrected chi connectivity index (χ3v) is 2.84. The van der Waals surface area contributed by atoms with E-state index in [1.165, 1.54) is 0 Å². The Morgan fingerprint density at radius 1 is 1.29 bits per heavy atom. The molecule has 0 saturated heterocycles. The normalized spacial score (nSPS) is 11.7. The monoisotopic (exact) mass is 297 g/mol. The second-order valence-electron chi connectivity index (χ2n) is 4.51. The summed E-state index contributed by atoms with van der Waals surface area (Å²) in [6.07, 6.45) is 0.844. The fraction of sp³-hybridized carbons (Fsp3) is 0.615. The van der Waals surface area contributed by atoms with Gasteiger partial charge in [-0.25, -0.2) is 9.97 Å². The van der Waals surface area contributed by atoms with Crippen LogP contribution in [0.4, 0.5) is 5.95 Å². The molecule has 8 heteroatoms. The molecule has 0 aliphatic rings. The topological polar surface area (TPSA) is 106 Å². The molecule has 0 aliphatic heterocycles. The number of rotatable bonds is 9. The average molecular weight is 297 g/mol. The van der Waals surface area contributed by atoms with Gasteiger partial charge in [-0.05, 0) is 19.4 Å². The molecule has 0 fully saturated rings. The van der Waals surface area contributed by atoms with Crippen molar-refractivity contribution in [1.29, 1.82) is 0 Å². The standard InChI is InChI=1S/C13H23N5O3/c1-10-9-11(12(14)17-19)16-13(15-10)18(6-8-21-3)5-4-7-20-2/h9,19H,4-8H2,1-3H3,(H2,14,17). The maximum absolute atomic E-state index is 8.78. The van der Waals surface area contributed by atoms with E-state index in [1.807, 2.05) is 11.8 Å². The van der Waals surface area contributed by atoms with Crippen LogP contribution in [0.1, 0.15) is 17.8 Å². The van der Waals surface area contributed by atoms with Gasteiger partial charge in [0.25, 0.3) is 0 Å². The van der Waals surface area contributed by atoms with Crippen molar-refractivity contribution in [2.24, 2.45) is 10.9 Å². The molecule has 21 heavy (non-hydrogen) atoms. The zero-order chi connectivity index (χ0) is 15.7. The Morgan fingerprint density at radius 3 is 2.62 bits per heavy atom. The Labute approximate surface area is 124 Å². The highest BCUT2D eigenvalue weighted by Gasteiger charge is 2.13. The molecule has 0 aromatic carbocycles. The molecule has 1 heterocycles. The summed E-state index contributed by atoms with van der Waals surface area (Å²) in [5, 5.41) is 11.8. The molecule has 0 bridgehead atoms. The van der Waals surface area contributed by atoms with Gasteiger partial charge in [-0.1, -0.05) is 5.16 Å². The van der Waals surface area contributed by atoms with E-state index in [2.05, 4.69) is 15.1 Å². The zero-order valence-corrected chi connectivity index (χ0v) is 12.7. The van der Waals surface area contributed by atoms with E-state index >= 15 is 0 Å². The second-order valence-corrected chi connectivity index (χ2v) is 4.51. The van der Waals surface area contributed by atoms with Crippen molar-refractivity contribution in [3.63, 3.8) is 0 Å². The fourth-order valence-electron chi connectivity index (χ4n) is 1.79. The minimum absolute atomic E-state index is 0.0367. The van der Waals surface area contributed by atoms with E-state index in [0.717, 1.165) is 18.7 Å². The van der Waals surface area contributed by atoms with Crippen LogP contribution >= 0.6 is 0 Å². The molecule has 118 valence electrons. The lowest BCUT2D eigenvalue weighted by molar-refractivity contribution is 0.190. The maximum Gasteiger partial charge on any atom is 0.226 e. The Hall–Kier alpha value is -1.93. The van der Waals surface area contributed by atoms with Crippen LogP contribution in [0, 0.1) is 6.92 Å². The summed E-state index contributed by atoms with van der Waals surface area (Å²) < 4.78 is 10.2. The van der Waals surface area contributed by atoms with Crippen LogP contribution < -0.4 is 10.6 Å². The molecule has 0 amide bonds. The third kappa shape index (κ3) is 5.52. The summed E-state index contributed by atoms with van der Waals surface area (Å²) in [6.45, 7) is 4.43. The van der Waals surface area contributed by atoms with Crippen molar-refractivity contribution in [1.82, 2.24) is 9.97 Å². The molecule has 0 aliphatic carbocycles. The number of nitrogens with two attached hydrogens (primary N) is 1. The lowest BCUT2D eigenvalue weighted by Crippen LogP contribution is -2.31. The van der Waals surface area contributed by atoms with Gasteiger partial charge in [0.2, 0.25) is 5.95 Å². The summed E-state index contributed by atoms with van der Waals surface area (Å²) in [7, 11) is 3.31. The first-order valence-electron chi connectivity index (χ1n) is 6.68. The highest BCUT2D eigenvalue weighted by molar-refractivity contribution is 5.95. The number of oxime groups is 1. The highest BCUT2D eigenvalue weighted by Crippen LogP contribution is 2.11. The van der Waals surface area contributed by atoms with Crippen LogP contribution in [0.5, 0.6) is 0 Å². The average Bonchev–Trinajstić information content (AvgIpc) is 2.49. The fourth-order valence-corrected chi connectivity index (χ4v) is 1.79. The van der Waals surface area contributed by atoms with Crippen molar-refractivity contribution in [3.8, 4) is 0 Å². The van der Waals surface area contributed by atoms with Crippen molar-refractivity contribution in [2.75, 3.05) is 45.4 Å². The number of ether oxygens (including phenoxy) is 2. The van der Waals surface area contributed by atoms with E-state index in [1.54, 1.807) is 20.3 Å². The van der Waals surface area contributed by atoms with Crippen molar-refractivity contribution in [2.45, 2.75) is 13.3 Å². The lowest BCUT2D eigenvalue weighted by Gasteiger charge is -2.22. The summed E-state index contributed by atoms with van der Waals surface area (Å²) in [5.74, 6) is 0.495. The second kappa shape index (κ2) is 9.09. The summed E-state index contributed by atoms with van der Waals surface area (Å²) >= 11 is 0. The highest BCUT2D eigenvalue weighted by atomic mass is 16.5. The Morgan fingerprint density at radius 2 is 2.00 bits per heavy atom. The van der Waals surface area contributed by atoms with E-state index in [-0.39, 0.29) is 5.84 Å². The predicted octanol–water partition coefficient (Wildman–Crippen LogP) is 0.369. The largest absolute Gasteiger partial charge is 0.409 e. The summed E-state index contributed by atoms with van der Waals surface area (Å²) in [4.78, 5) is 10.7. The number of anilines is 1. The van der Waals surface area contributed by atoms with Gasteiger partial charge in [0.05, 0.1) is 6.61 Å². The van der Waals surface area contributed by atoms with Gasteiger partial charge in [0.1, 0.15) is 5.69 Å². The number of aromatic nitrogens is 2. The van der Waals surface area contributed by atoms with Crippen LogP contribution in [0.15, 0.2) is 11.2 Å². The Kier molecular flexibility index (Phi) is 7.41. The van der Waals surface area contributed by atoms with Gasteiger partial charge in [-0.3, -0.25) is 0 Å². The number of hydrogen-bond donors (Lipinski definition) is 2. The van der Waals surface area contributed by atoms with Gasteiger partial charge in [0, 0.05) is 39.6 Å². The first-order chi connectivity index (χ1) is 10.1. The van der Waals surface area contributed by atoms with Crippen LogP contribution in [0.2, 0.25) is 0 Å². The molecule has 1 aromatic rings. The van der Waals surface area contributed by atoms with E-state index in [4.69, 9.17) is 20.4 Å². The van der Waals surface area contributed by atoms with Crippen molar-refractivity contribution in [3.05, 3.63) is 17.5 Å². The van der Waals surface area contributed by atoms with Gasteiger partial charge in [-0.2, -0.15) is 0 Å². The van der Waals surface area contributed by atoms with Crippen molar-refractivity contribution < 1.29 is 14.7 Å². The van der Waals surface area contributed by atoms with E-state index in [0.29, 0.717) is 31.4 Å². The molecule has 1 rings (SSSR count). The van der Waals surface area contributed by atoms with Gasteiger partial charge in [-0.15, -0.1) is 0 Å². The molecule has 3 N–H and O–H groups in total. The molecular weight excluding hydrogens is 274 g/mol. The van der Waals surface area contributed by atoms with Gasteiger partial charge >= 0.3 is 0 Å². The zero-order valence-electron chi connectivity index (χ0n) is 12.7. The molecule has 0 unspecified atom stereocenters. The Bertz CT molecular complexity index is 467. The number of methoxy groups -OCH3 is 2. The smallest absolute Gasteiger partial charge is 0.226 e. The number of aryl methyl sites for hydroxylation is 1. The molecule has 0 spiro atoms. The maximum atomic E-state index is 8.78. The minimum atomic E-state index is -0.0367. The summed E-state index contributed by atoms with van der Waals surface area (Å²) in [5.41, 5.74) is 6.74. The van der Waals surface area contributed by atoms with Crippen LogP contribution in [-0.2, 0) is 9.47 Å². The van der Waals surface area contributed by atoms with E-state index in [9.17, 15) is 0 Å². The quantitative estimate of drug-likeness (QED) is 0.223. The lowest BCUT2D eigenvalue weighted by atomic mass is 10.3. The van der Waals surface area contributed by atoms with E-state index < -0.39 is 0 Å². The molecule has 8 nitrogen and oxygen atoms in total. The number of hydrogen-bond acceptors (Lipinski definition) is 7. The number of amidine groups is 1. The molecule has 1 aromatic heterocycles. The Balaban J connectivity index is 2.96. The molecule has 0 atom stereocenters. The third-order valence-electron chi connectivity index (χ3n) is 2.84. The minimum Gasteiger partial charge on any atom is -0.409 e. The number of nitrogens with zero attached hydrogens (tertiary/aromatic N) is 4. The van der Waals surface area contributed by atoms with Crippen LogP contribution in [-0.4, -0.2) is 61.5 Å². The summed E-state index contributed by atoms with van der Waals surface area (Å²) in [6, 6.07) is 1.67. The molecular formula is C13H23N5O3.